The summed E-state index contributed by atoms with van der Waals surface area (Å²) in [6.45, 7) is 11.4. The van der Waals surface area contributed by atoms with E-state index in [9.17, 15) is 14.7 Å². The number of rotatable bonds is 3. The van der Waals surface area contributed by atoms with Crippen molar-refractivity contribution in [2.75, 3.05) is 0 Å². The summed E-state index contributed by atoms with van der Waals surface area (Å²) in [5, 5.41) is 9.30. The molecule has 0 aromatic rings. The maximum atomic E-state index is 11.8. The second kappa shape index (κ2) is 5.23. The molecular formula is C16H26O4. The minimum absolute atomic E-state index is 0.313. The van der Waals surface area contributed by atoms with E-state index in [1.54, 1.807) is 0 Å². The maximum Gasteiger partial charge on any atom is 0.330 e. The van der Waals surface area contributed by atoms with Crippen molar-refractivity contribution in [2.45, 2.75) is 60.0 Å². The summed E-state index contributed by atoms with van der Waals surface area (Å²) in [5.74, 6) is -1.52. The first-order valence-electron chi connectivity index (χ1n) is 7.04. The summed E-state index contributed by atoms with van der Waals surface area (Å²) in [7, 11) is 0. The molecule has 0 spiro atoms. The fourth-order valence-corrected chi connectivity index (χ4v) is 2.84. The Morgan fingerprint density at radius 2 is 1.80 bits per heavy atom. The second-order valence-corrected chi connectivity index (χ2v) is 7.44. The van der Waals surface area contributed by atoms with Crippen LogP contribution in [-0.2, 0) is 14.3 Å². The highest BCUT2D eigenvalue weighted by Gasteiger charge is 2.52. The van der Waals surface area contributed by atoms with Gasteiger partial charge in [-0.05, 0) is 44.4 Å². The number of ether oxygens (including phenoxy) is 1. The van der Waals surface area contributed by atoms with Gasteiger partial charge in [0, 0.05) is 6.08 Å². The molecule has 1 fully saturated rings. The Hall–Kier alpha value is -1.32. The number of carbonyl (C=O) groups is 2. The van der Waals surface area contributed by atoms with Gasteiger partial charge in [-0.3, -0.25) is 4.79 Å². The van der Waals surface area contributed by atoms with E-state index in [1.165, 1.54) is 6.08 Å². The minimum atomic E-state index is -0.760. The van der Waals surface area contributed by atoms with E-state index in [4.69, 9.17) is 4.74 Å². The van der Waals surface area contributed by atoms with Gasteiger partial charge in [0.1, 0.15) is 5.60 Å². The van der Waals surface area contributed by atoms with Crippen molar-refractivity contribution in [2.24, 2.45) is 16.7 Å². The van der Waals surface area contributed by atoms with Gasteiger partial charge in [0.25, 0.3) is 0 Å². The molecule has 114 valence electrons. The predicted molar refractivity (Wildman–Crippen MR) is 77.2 cm³/mol. The molecule has 20 heavy (non-hydrogen) atoms. The van der Waals surface area contributed by atoms with Crippen molar-refractivity contribution in [1.82, 2.24) is 0 Å². The molecule has 2 atom stereocenters. The molecule has 0 aromatic heterocycles. The van der Waals surface area contributed by atoms with Crippen LogP contribution in [0.25, 0.3) is 0 Å². The second-order valence-electron chi connectivity index (χ2n) is 7.44. The monoisotopic (exact) mass is 282 g/mol. The maximum absolute atomic E-state index is 11.8. The average Bonchev–Trinajstić information content (AvgIpc) is 2.45. The van der Waals surface area contributed by atoms with Crippen LogP contribution in [0.1, 0.15) is 54.4 Å². The molecule has 1 aliphatic rings. The number of aliphatic carboxylic acids is 1. The van der Waals surface area contributed by atoms with E-state index in [0.717, 1.165) is 6.42 Å². The van der Waals surface area contributed by atoms with Crippen LogP contribution in [-0.4, -0.2) is 22.6 Å². The van der Waals surface area contributed by atoms with E-state index in [1.807, 2.05) is 47.6 Å². The van der Waals surface area contributed by atoms with Gasteiger partial charge >= 0.3 is 11.9 Å². The number of carboxylic acid groups (broad SMARTS) is 1. The molecule has 1 saturated carbocycles. The van der Waals surface area contributed by atoms with Crippen LogP contribution in [0.3, 0.4) is 0 Å². The third-order valence-electron chi connectivity index (χ3n) is 4.59. The third-order valence-corrected chi connectivity index (χ3v) is 4.59. The van der Waals surface area contributed by atoms with Gasteiger partial charge in [-0.15, -0.1) is 0 Å². The first-order chi connectivity index (χ1) is 8.89. The smallest absolute Gasteiger partial charge is 0.330 e. The van der Waals surface area contributed by atoms with Gasteiger partial charge in [0.05, 0.1) is 5.92 Å². The zero-order valence-electron chi connectivity index (χ0n) is 13.3. The largest absolute Gasteiger partial charge is 0.481 e. The topological polar surface area (TPSA) is 63.6 Å². The van der Waals surface area contributed by atoms with Crippen molar-refractivity contribution in [1.29, 1.82) is 0 Å². The van der Waals surface area contributed by atoms with Gasteiger partial charge in [0.15, 0.2) is 0 Å². The van der Waals surface area contributed by atoms with Crippen LogP contribution in [0.4, 0.5) is 0 Å². The zero-order valence-corrected chi connectivity index (χ0v) is 13.3. The lowest BCUT2D eigenvalue weighted by molar-refractivity contribution is -0.148. The molecular weight excluding hydrogens is 256 g/mol. The molecule has 0 radical (unpaired) electrons. The molecule has 0 aromatic carbocycles. The highest BCUT2D eigenvalue weighted by Crippen LogP contribution is 2.56. The van der Waals surface area contributed by atoms with Crippen molar-refractivity contribution in [3.05, 3.63) is 12.2 Å². The van der Waals surface area contributed by atoms with E-state index < -0.39 is 17.0 Å². The molecule has 1 aliphatic carbocycles. The first-order valence-corrected chi connectivity index (χ1v) is 7.04. The highest BCUT2D eigenvalue weighted by molar-refractivity contribution is 5.82. The van der Waals surface area contributed by atoms with Gasteiger partial charge in [-0.25, -0.2) is 4.79 Å². The Morgan fingerprint density at radius 3 is 2.20 bits per heavy atom. The van der Waals surface area contributed by atoms with Crippen LogP contribution in [0.2, 0.25) is 0 Å². The van der Waals surface area contributed by atoms with E-state index >= 15 is 0 Å². The zero-order chi connectivity index (χ0) is 15.8. The summed E-state index contributed by atoms with van der Waals surface area (Å²) < 4.78 is 5.24. The molecule has 1 N–H and O–H groups in total. The average molecular weight is 282 g/mol. The van der Waals surface area contributed by atoms with Gasteiger partial charge in [-0.2, -0.15) is 0 Å². The minimum Gasteiger partial charge on any atom is -0.481 e. The molecule has 4 heteroatoms. The molecule has 0 aliphatic heterocycles. The van der Waals surface area contributed by atoms with Crippen LogP contribution in [0.15, 0.2) is 12.2 Å². The van der Waals surface area contributed by atoms with E-state index in [-0.39, 0.29) is 17.3 Å². The Balaban J connectivity index is 2.86. The Morgan fingerprint density at radius 1 is 1.25 bits per heavy atom. The summed E-state index contributed by atoms with van der Waals surface area (Å²) in [5.41, 5.74) is -1.22. The van der Waals surface area contributed by atoms with Gasteiger partial charge in [-0.1, -0.05) is 26.8 Å². The fourth-order valence-electron chi connectivity index (χ4n) is 2.84. The normalized spacial score (nSPS) is 29.6. The lowest BCUT2D eigenvalue weighted by Crippen LogP contribution is -2.36. The number of carboxylic acids is 1. The van der Waals surface area contributed by atoms with Gasteiger partial charge < -0.3 is 9.84 Å². The highest BCUT2D eigenvalue weighted by atomic mass is 16.6. The SMILES string of the molecule is CC(C)(C)OC(=O)C=C[C@]1(C)CC[C@H](C(=O)O)C1(C)C. The lowest BCUT2D eigenvalue weighted by Gasteiger charge is -2.38. The number of esters is 1. The van der Waals surface area contributed by atoms with Crippen molar-refractivity contribution in [3.63, 3.8) is 0 Å². The van der Waals surface area contributed by atoms with Crippen LogP contribution in [0, 0.1) is 16.7 Å². The number of hydrogen-bond donors (Lipinski definition) is 1. The lowest BCUT2D eigenvalue weighted by atomic mass is 9.65. The number of carbonyl (C=O) groups excluding carboxylic acids is 1. The molecule has 1 rings (SSSR count). The molecule has 0 saturated heterocycles. The van der Waals surface area contributed by atoms with Crippen LogP contribution >= 0.6 is 0 Å². The number of hydrogen-bond acceptors (Lipinski definition) is 3. The van der Waals surface area contributed by atoms with Crippen LogP contribution < -0.4 is 0 Å². The van der Waals surface area contributed by atoms with Crippen LogP contribution in [0.5, 0.6) is 0 Å². The standard InChI is InChI=1S/C16H26O4/c1-14(2,3)20-12(17)8-10-16(6)9-7-11(13(18)19)15(16,4)5/h8,10-11H,7,9H2,1-6H3,(H,18,19)/t11-,16+/m1/s1. The molecule has 0 bridgehead atoms. The van der Waals surface area contributed by atoms with E-state index in [2.05, 4.69) is 0 Å². The molecule has 4 nitrogen and oxygen atoms in total. The molecule has 0 heterocycles. The number of allylic oxidation sites excluding steroid dienone is 1. The predicted octanol–water partition coefficient (Wildman–Crippen LogP) is 3.41. The van der Waals surface area contributed by atoms with Gasteiger partial charge in [0.2, 0.25) is 0 Å². The first kappa shape index (κ1) is 16.7. The quantitative estimate of drug-likeness (QED) is 0.636. The van der Waals surface area contributed by atoms with Crippen molar-refractivity contribution >= 4 is 11.9 Å². The third kappa shape index (κ3) is 3.41. The molecule has 0 unspecified atom stereocenters. The van der Waals surface area contributed by atoms with E-state index in [0.29, 0.717) is 6.42 Å². The summed E-state index contributed by atoms with van der Waals surface area (Å²) >= 11 is 0. The Labute approximate surface area is 121 Å². The fraction of sp³-hybridized carbons (Fsp3) is 0.750. The summed E-state index contributed by atoms with van der Waals surface area (Å²) in [6, 6.07) is 0. The Bertz CT molecular complexity index is 428. The Kier molecular flexibility index (Phi) is 4.37. The van der Waals surface area contributed by atoms with Crippen molar-refractivity contribution < 1.29 is 19.4 Å². The summed E-state index contributed by atoms with van der Waals surface area (Å²) in [4.78, 5) is 23.1. The summed E-state index contributed by atoms with van der Waals surface area (Å²) in [6.07, 6.45) is 4.66. The van der Waals surface area contributed by atoms with Crippen molar-refractivity contribution in [3.8, 4) is 0 Å². The molecule has 0 amide bonds.